The molecule has 1 aliphatic carbocycles. The second-order valence-electron chi connectivity index (χ2n) is 7.99. The molecular formula is C21H29N3O2. The topological polar surface area (TPSA) is 61.4 Å². The third kappa shape index (κ3) is 3.78. The van der Waals surface area contributed by atoms with Crippen LogP contribution < -0.4 is 15.5 Å². The summed E-state index contributed by atoms with van der Waals surface area (Å²) >= 11 is 0. The molecule has 2 heterocycles. The van der Waals surface area contributed by atoms with Gasteiger partial charge in [-0.25, -0.2) is 0 Å². The van der Waals surface area contributed by atoms with Gasteiger partial charge in [0.1, 0.15) is 0 Å². The SMILES string of the molecule is O=C(NCc1ccc(N2CCCCC2=O)cc1)C1CC2CCCCC2N1. The number of nitrogens with zero attached hydrogens (tertiary/aromatic N) is 1. The molecule has 3 fully saturated rings. The van der Waals surface area contributed by atoms with Crippen LogP contribution in [0.25, 0.3) is 0 Å². The van der Waals surface area contributed by atoms with Gasteiger partial charge >= 0.3 is 0 Å². The fourth-order valence-corrected chi connectivity index (χ4v) is 4.71. The molecule has 1 aromatic carbocycles. The Morgan fingerprint density at radius 2 is 1.92 bits per heavy atom. The molecule has 26 heavy (non-hydrogen) atoms. The molecule has 0 aromatic heterocycles. The lowest BCUT2D eigenvalue weighted by Crippen LogP contribution is -2.42. The summed E-state index contributed by atoms with van der Waals surface area (Å²) in [5.41, 5.74) is 2.04. The smallest absolute Gasteiger partial charge is 0.237 e. The van der Waals surface area contributed by atoms with Gasteiger partial charge in [-0.15, -0.1) is 0 Å². The molecule has 5 heteroatoms. The van der Waals surface area contributed by atoms with Gasteiger partial charge < -0.3 is 15.5 Å². The zero-order chi connectivity index (χ0) is 17.9. The first-order valence-electron chi connectivity index (χ1n) is 10.1. The summed E-state index contributed by atoms with van der Waals surface area (Å²) in [5.74, 6) is 1.02. The molecule has 140 valence electrons. The molecule has 5 nitrogen and oxygen atoms in total. The summed E-state index contributed by atoms with van der Waals surface area (Å²) < 4.78 is 0. The maximum Gasteiger partial charge on any atom is 0.237 e. The maximum absolute atomic E-state index is 12.5. The van der Waals surface area contributed by atoms with E-state index in [9.17, 15) is 9.59 Å². The number of piperidine rings is 1. The van der Waals surface area contributed by atoms with E-state index in [0.717, 1.165) is 37.1 Å². The van der Waals surface area contributed by atoms with Crippen LogP contribution in [0.1, 0.15) is 56.9 Å². The molecule has 2 aliphatic heterocycles. The summed E-state index contributed by atoms with van der Waals surface area (Å²) in [5, 5.41) is 6.61. The van der Waals surface area contributed by atoms with E-state index >= 15 is 0 Å². The molecule has 1 saturated carbocycles. The van der Waals surface area contributed by atoms with Gasteiger partial charge in [-0.2, -0.15) is 0 Å². The highest BCUT2D eigenvalue weighted by molar-refractivity contribution is 5.94. The first kappa shape index (κ1) is 17.5. The zero-order valence-electron chi connectivity index (χ0n) is 15.4. The lowest BCUT2D eigenvalue weighted by molar-refractivity contribution is -0.123. The number of amides is 2. The number of nitrogens with one attached hydrogen (secondary N) is 2. The van der Waals surface area contributed by atoms with Crippen LogP contribution in [0.4, 0.5) is 5.69 Å². The standard InChI is InChI=1S/C21H29N3O2/c25-20-7-3-4-12-24(20)17-10-8-15(9-11-17)14-22-21(26)19-13-16-5-1-2-6-18(16)23-19/h8-11,16,18-19,23H,1-7,12-14H2,(H,22,26). The fourth-order valence-electron chi connectivity index (χ4n) is 4.71. The predicted molar refractivity (Wildman–Crippen MR) is 102 cm³/mol. The van der Waals surface area contributed by atoms with Crippen LogP contribution in [0, 0.1) is 5.92 Å². The molecule has 0 spiro atoms. The normalized spacial score (nSPS) is 28.7. The minimum absolute atomic E-state index is 0.0339. The van der Waals surface area contributed by atoms with E-state index in [1.54, 1.807) is 0 Å². The van der Waals surface area contributed by atoms with Crippen LogP contribution in [0.2, 0.25) is 0 Å². The quantitative estimate of drug-likeness (QED) is 0.873. The molecule has 0 bridgehead atoms. The summed E-state index contributed by atoms with van der Waals surface area (Å²) in [4.78, 5) is 26.4. The van der Waals surface area contributed by atoms with Crippen molar-refractivity contribution in [2.24, 2.45) is 5.92 Å². The Bertz CT molecular complexity index is 644. The Morgan fingerprint density at radius 3 is 2.69 bits per heavy atom. The zero-order valence-corrected chi connectivity index (χ0v) is 15.4. The van der Waals surface area contributed by atoms with Gasteiger partial charge in [0, 0.05) is 31.2 Å². The Hall–Kier alpha value is -1.88. The molecule has 4 rings (SSSR count). The second-order valence-corrected chi connectivity index (χ2v) is 7.99. The van der Waals surface area contributed by atoms with Crippen LogP contribution in [-0.2, 0) is 16.1 Å². The number of benzene rings is 1. The van der Waals surface area contributed by atoms with Crippen LogP contribution >= 0.6 is 0 Å². The summed E-state index contributed by atoms with van der Waals surface area (Å²) in [7, 11) is 0. The van der Waals surface area contributed by atoms with E-state index in [4.69, 9.17) is 0 Å². The summed E-state index contributed by atoms with van der Waals surface area (Å²) in [6, 6.07) is 8.52. The monoisotopic (exact) mass is 355 g/mol. The minimum Gasteiger partial charge on any atom is -0.351 e. The van der Waals surface area contributed by atoms with E-state index in [2.05, 4.69) is 10.6 Å². The second kappa shape index (κ2) is 7.78. The molecule has 1 aromatic rings. The third-order valence-corrected chi connectivity index (χ3v) is 6.22. The average Bonchev–Trinajstić information content (AvgIpc) is 3.11. The van der Waals surface area contributed by atoms with Gasteiger partial charge in [-0.1, -0.05) is 25.0 Å². The van der Waals surface area contributed by atoms with Crippen LogP contribution in [-0.4, -0.2) is 30.4 Å². The van der Waals surface area contributed by atoms with Crippen molar-refractivity contribution in [3.05, 3.63) is 29.8 Å². The third-order valence-electron chi connectivity index (χ3n) is 6.22. The molecular weight excluding hydrogens is 326 g/mol. The number of hydrogen-bond donors (Lipinski definition) is 2. The number of carbonyl (C=O) groups excluding carboxylic acids is 2. The maximum atomic E-state index is 12.5. The van der Waals surface area contributed by atoms with E-state index in [0.29, 0.717) is 24.9 Å². The largest absolute Gasteiger partial charge is 0.351 e. The number of hydrogen-bond acceptors (Lipinski definition) is 3. The number of fused-ring (bicyclic) bond motifs is 1. The van der Waals surface area contributed by atoms with E-state index in [1.165, 1.54) is 25.7 Å². The molecule has 2 amide bonds. The van der Waals surface area contributed by atoms with Gasteiger partial charge in [0.15, 0.2) is 0 Å². The first-order valence-corrected chi connectivity index (χ1v) is 10.1. The molecule has 0 radical (unpaired) electrons. The van der Waals surface area contributed by atoms with Crippen LogP contribution in [0.15, 0.2) is 24.3 Å². The van der Waals surface area contributed by atoms with Crippen LogP contribution in [0.5, 0.6) is 0 Å². The van der Waals surface area contributed by atoms with E-state index in [-0.39, 0.29) is 17.9 Å². The van der Waals surface area contributed by atoms with Gasteiger partial charge in [0.2, 0.25) is 11.8 Å². The van der Waals surface area contributed by atoms with Gasteiger partial charge in [0.25, 0.3) is 0 Å². The van der Waals surface area contributed by atoms with Crippen molar-refractivity contribution in [2.45, 2.75) is 70.0 Å². The van der Waals surface area contributed by atoms with E-state index < -0.39 is 0 Å². The van der Waals surface area contributed by atoms with Crippen molar-refractivity contribution >= 4 is 17.5 Å². The Labute approximate surface area is 155 Å². The molecule has 3 aliphatic rings. The van der Waals surface area contributed by atoms with Crippen molar-refractivity contribution in [2.75, 3.05) is 11.4 Å². The highest BCUT2D eigenvalue weighted by atomic mass is 16.2. The Kier molecular flexibility index (Phi) is 5.25. The lowest BCUT2D eigenvalue weighted by atomic mass is 9.85. The number of anilines is 1. The minimum atomic E-state index is -0.0339. The number of carbonyl (C=O) groups is 2. The molecule has 3 atom stereocenters. The predicted octanol–water partition coefficient (Wildman–Crippen LogP) is 2.74. The Balaban J connectivity index is 1.29. The highest BCUT2D eigenvalue weighted by Crippen LogP contribution is 2.33. The number of rotatable bonds is 4. The highest BCUT2D eigenvalue weighted by Gasteiger charge is 2.37. The van der Waals surface area contributed by atoms with Crippen molar-refractivity contribution in [3.8, 4) is 0 Å². The summed E-state index contributed by atoms with van der Waals surface area (Å²) in [6.07, 6.45) is 8.76. The van der Waals surface area contributed by atoms with Gasteiger partial charge in [0.05, 0.1) is 6.04 Å². The molecule has 2 saturated heterocycles. The van der Waals surface area contributed by atoms with Crippen molar-refractivity contribution < 1.29 is 9.59 Å². The van der Waals surface area contributed by atoms with Crippen molar-refractivity contribution in [3.63, 3.8) is 0 Å². The molecule has 2 N–H and O–H groups in total. The van der Waals surface area contributed by atoms with Crippen molar-refractivity contribution in [1.29, 1.82) is 0 Å². The van der Waals surface area contributed by atoms with Crippen molar-refractivity contribution in [1.82, 2.24) is 10.6 Å². The first-order chi connectivity index (χ1) is 12.7. The van der Waals surface area contributed by atoms with Crippen LogP contribution in [0.3, 0.4) is 0 Å². The average molecular weight is 355 g/mol. The van der Waals surface area contributed by atoms with Gasteiger partial charge in [-0.3, -0.25) is 9.59 Å². The molecule has 3 unspecified atom stereocenters. The van der Waals surface area contributed by atoms with E-state index in [1.807, 2.05) is 29.2 Å². The lowest BCUT2D eigenvalue weighted by Gasteiger charge is -2.26. The van der Waals surface area contributed by atoms with Gasteiger partial charge in [-0.05, 0) is 55.7 Å². The fraction of sp³-hybridized carbons (Fsp3) is 0.619. The summed E-state index contributed by atoms with van der Waals surface area (Å²) in [6.45, 7) is 1.35. The Morgan fingerprint density at radius 1 is 1.12 bits per heavy atom.